The molecular formula is C24H16Br2O. The molecule has 4 rings (SSSR count). The third-order valence-corrected chi connectivity index (χ3v) is 5.83. The molecule has 0 aliphatic heterocycles. The Hall–Kier alpha value is -2.36. The maximum Gasteiger partial charge on any atom is 0.142 e. The summed E-state index contributed by atoms with van der Waals surface area (Å²) in [4.78, 5) is 0. The topological polar surface area (TPSA) is 9.23 Å². The summed E-state index contributed by atoms with van der Waals surface area (Å²) >= 11 is 7.44. The summed E-state index contributed by atoms with van der Waals surface area (Å²) < 4.78 is 8.10. The molecule has 4 aromatic rings. The molecule has 0 N–H and O–H groups in total. The number of ether oxygens (including phenoxy) is 1. The Bertz CT molecular complexity index is 1070. The van der Waals surface area contributed by atoms with E-state index in [1.54, 1.807) is 0 Å². The second-order valence-corrected chi connectivity index (χ2v) is 7.71. The van der Waals surface area contributed by atoms with Gasteiger partial charge in [-0.3, -0.25) is 0 Å². The van der Waals surface area contributed by atoms with Gasteiger partial charge in [-0.1, -0.05) is 88.7 Å². The molecule has 4 aromatic carbocycles. The van der Waals surface area contributed by atoms with E-state index in [-0.39, 0.29) is 0 Å². The molecule has 0 fully saturated rings. The predicted molar refractivity (Wildman–Crippen MR) is 119 cm³/mol. The largest absolute Gasteiger partial charge is 0.456 e. The van der Waals surface area contributed by atoms with Gasteiger partial charge in [0.05, 0.1) is 4.47 Å². The van der Waals surface area contributed by atoms with Crippen LogP contribution in [0.15, 0.2) is 106 Å². The third kappa shape index (κ3) is 3.85. The van der Waals surface area contributed by atoms with Crippen LogP contribution in [0.25, 0.3) is 22.3 Å². The smallest absolute Gasteiger partial charge is 0.142 e. The number of hydrogen-bond acceptors (Lipinski definition) is 1. The Morgan fingerprint density at radius 3 is 1.74 bits per heavy atom. The van der Waals surface area contributed by atoms with Gasteiger partial charge in [0.25, 0.3) is 0 Å². The van der Waals surface area contributed by atoms with E-state index < -0.39 is 0 Å². The lowest BCUT2D eigenvalue weighted by atomic mass is 9.94. The van der Waals surface area contributed by atoms with Gasteiger partial charge in [0.2, 0.25) is 0 Å². The molecule has 132 valence electrons. The van der Waals surface area contributed by atoms with Gasteiger partial charge in [-0.15, -0.1) is 0 Å². The lowest BCUT2D eigenvalue weighted by molar-refractivity contribution is 0.480. The molecule has 27 heavy (non-hydrogen) atoms. The molecule has 0 amide bonds. The van der Waals surface area contributed by atoms with Gasteiger partial charge >= 0.3 is 0 Å². The minimum atomic E-state index is 0.792. The Morgan fingerprint density at radius 2 is 1.04 bits per heavy atom. The third-order valence-electron chi connectivity index (χ3n) is 4.32. The summed E-state index contributed by atoms with van der Waals surface area (Å²) in [7, 11) is 0. The molecule has 3 heteroatoms. The van der Waals surface area contributed by atoms with E-state index in [2.05, 4.69) is 80.4 Å². The fourth-order valence-electron chi connectivity index (χ4n) is 3.05. The Balaban J connectivity index is 1.82. The van der Waals surface area contributed by atoms with E-state index in [1.165, 1.54) is 5.56 Å². The van der Waals surface area contributed by atoms with Crippen molar-refractivity contribution in [2.24, 2.45) is 0 Å². The zero-order valence-corrected chi connectivity index (χ0v) is 17.6. The molecule has 0 atom stereocenters. The van der Waals surface area contributed by atoms with Gasteiger partial charge in [-0.05, 0) is 56.9 Å². The van der Waals surface area contributed by atoms with Crippen molar-refractivity contribution in [2.75, 3.05) is 0 Å². The molecule has 0 unspecified atom stereocenters. The Kier molecular flexibility index (Phi) is 5.42. The van der Waals surface area contributed by atoms with Crippen LogP contribution in [-0.4, -0.2) is 0 Å². The monoisotopic (exact) mass is 478 g/mol. The summed E-state index contributed by atoms with van der Waals surface area (Å²) in [5, 5.41) is 0. The fraction of sp³-hybridized carbons (Fsp3) is 0. The maximum absolute atomic E-state index is 6.08. The highest BCUT2D eigenvalue weighted by atomic mass is 79.9. The first kappa shape index (κ1) is 18.0. The standard InChI is InChI=1S/C24H16Br2O/c25-22-15-7-6-13-20(22)18-11-4-5-12-19(18)21-14-8-16-23(24(21)26)27-17-9-2-1-3-10-17/h1-16H. The first-order valence-electron chi connectivity index (χ1n) is 8.60. The molecule has 0 saturated carbocycles. The average Bonchev–Trinajstić information content (AvgIpc) is 2.71. The average molecular weight is 480 g/mol. The Labute approximate surface area is 175 Å². The van der Waals surface area contributed by atoms with E-state index in [1.807, 2.05) is 48.5 Å². The van der Waals surface area contributed by atoms with Gasteiger partial charge in [-0.25, -0.2) is 0 Å². The van der Waals surface area contributed by atoms with Crippen LogP contribution < -0.4 is 4.74 Å². The van der Waals surface area contributed by atoms with E-state index in [9.17, 15) is 0 Å². The van der Waals surface area contributed by atoms with E-state index in [4.69, 9.17) is 4.74 Å². The van der Waals surface area contributed by atoms with Crippen LogP contribution in [-0.2, 0) is 0 Å². The minimum Gasteiger partial charge on any atom is -0.456 e. The van der Waals surface area contributed by atoms with Crippen molar-refractivity contribution in [1.29, 1.82) is 0 Å². The second kappa shape index (κ2) is 8.12. The molecule has 0 aliphatic rings. The normalized spacial score (nSPS) is 10.6. The number of halogens is 2. The van der Waals surface area contributed by atoms with Crippen LogP contribution in [0.4, 0.5) is 0 Å². The number of hydrogen-bond donors (Lipinski definition) is 0. The molecular weight excluding hydrogens is 464 g/mol. The summed E-state index contributed by atoms with van der Waals surface area (Å²) in [6.07, 6.45) is 0. The van der Waals surface area contributed by atoms with Crippen molar-refractivity contribution < 1.29 is 4.74 Å². The van der Waals surface area contributed by atoms with Crippen molar-refractivity contribution in [3.63, 3.8) is 0 Å². The quantitative estimate of drug-likeness (QED) is 0.285. The Morgan fingerprint density at radius 1 is 0.481 bits per heavy atom. The molecule has 0 saturated heterocycles. The van der Waals surface area contributed by atoms with Crippen LogP contribution in [0.3, 0.4) is 0 Å². The number of benzene rings is 4. The van der Waals surface area contributed by atoms with Crippen molar-refractivity contribution in [3.8, 4) is 33.8 Å². The first-order chi connectivity index (χ1) is 13.2. The van der Waals surface area contributed by atoms with Crippen LogP contribution in [0.1, 0.15) is 0 Å². The van der Waals surface area contributed by atoms with Crippen molar-refractivity contribution in [1.82, 2.24) is 0 Å². The molecule has 0 heterocycles. The van der Waals surface area contributed by atoms with Gasteiger partial charge in [0.1, 0.15) is 11.5 Å². The highest BCUT2D eigenvalue weighted by molar-refractivity contribution is 9.11. The van der Waals surface area contributed by atoms with Crippen LogP contribution >= 0.6 is 31.9 Å². The lowest BCUT2D eigenvalue weighted by Crippen LogP contribution is -1.90. The van der Waals surface area contributed by atoms with Crippen molar-refractivity contribution in [2.45, 2.75) is 0 Å². The summed E-state index contributed by atoms with van der Waals surface area (Å²) in [6, 6.07) is 32.6. The molecule has 0 spiro atoms. The van der Waals surface area contributed by atoms with Crippen molar-refractivity contribution in [3.05, 3.63) is 106 Å². The van der Waals surface area contributed by atoms with Crippen LogP contribution in [0.2, 0.25) is 0 Å². The van der Waals surface area contributed by atoms with E-state index in [0.717, 1.165) is 37.1 Å². The van der Waals surface area contributed by atoms with Gasteiger partial charge in [0.15, 0.2) is 0 Å². The molecule has 0 radical (unpaired) electrons. The molecule has 0 bridgehead atoms. The second-order valence-electron chi connectivity index (χ2n) is 6.06. The maximum atomic E-state index is 6.08. The number of rotatable bonds is 4. The highest BCUT2D eigenvalue weighted by Crippen LogP contribution is 2.42. The number of para-hydroxylation sites is 1. The molecule has 0 aromatic heterocycles. The van der Waals surface area contributed by atoms with Crippen LogP contribution in [0.5, 0.6) is 11.5 Å². The summed E-state index contributed by atoms with van der Waals surface area (Å²) in [5.41, 5.74) is 4.57. The van der Waals surface area contributed by atoms with E-state index >= 15 is 0 Å². The van der Waals surface area contributed by atoms with Gasteiger partial charge in [0, 0.05) is 10.0 Å². The zero-order valence-electron chi connectivity index (χ0n) is 14.4. The predicted octanol–water partition coefficient (Wildman–Crippen LogP) is 8.34. The van der Waals surface area contributed by atoms with Crippen LogP contribution in [0, 0.1) is 0 Å². The summed E-state index contributed by atoms with van der Waals surface area (Å²) in [5.74, 6) is 1.61. The molecule has 0 aliphatic carbocycles. The van der Waals surface area contributed by atoms with Gasteiger partial charge < -0.3 is 4.74 Å². The summed E-state index contributed by atoms with van der Waals surface area (Å²) in [6.45, 7) is 0. The van der Waals surface area contributed by atoms with E-state index in [0.29, 0.717) is 0 Å². The minimum absolute atomic E-state index is 0.792. The highest BCUT2D eigenvalue weighted by Gasteiger charge is 2.14. The first-order valence-corrected chi connectivity index (χ1v) is 10.2. The zero-order chi connectivity index (χ0) is 18.6. The molecule has 1 nitrogen and oxygen atoms in total. The lowest BCUT2D eigenvalue weighted by Gasteiger charge is -2.15. The fourth-order valence-corrected chi connectivity index (χ4v) is 4.10. The van der Waals surface area contributed by atoms with Crippen molar-refractivity contribution >= 4 is 31.9 Å². The van der Waals surface area contributed by atoms with Gasteiger partial charge in [-0.2, -0.15) is 0 Å². The SMILES string of the molecule is Brc1ccccc1-c1ccccc1-c1cccc(Oc2ccccc2)c1Br.